The molecule has 4 aliphatic carbocycles. The van der Waals surface area contributed by atoms with Gasteiger partial charge in [-0.2, -0.15) is 0 Å². The van der Waals surface area contributed by atoms with Gasteiger partial charge in [-0.15, -0.1) is 0 Å². The van der Waals surface area contributed by atoms with Crippen LogP contribution in [-0.4, -0.2) is 37.5 Å². The minimum atomic E-state index is -0.113. The Kier molecular flexibility index (Phi) is 6.31. The number of ether oxygens (including phenoxy) is 2. The molecule has 0 aromatic rings. The van der Waals surface area contributed by atoms with E-state index in [1.165, 1.54) is 39.2 Å². The predicted octanol–water partition coefficient (Wildman–Crippen LogP) is 5.22. The van der Waals surface area contributed by atoms with Crippen LogP contribution in [0.2, 0.25) is 0 Å². The topological polar surface area (TPSA) is 55.8 Å². The molecular weight excluding hydrogens is 376 g/mol. The first-order valence-corrected chi connectivity index (χ1v) is 12.5. The number of carbonyl (C=O) groups excluding carboxylic acids is 1. The van der Waals surface area contributed by atoms with Crippen molar-refractivity contribution in [3.05, 3.63) is 0 Å². The van der Waals surface area contributed by atoms with E-state index < -0.39 is 0 Å². The molecule has 0 bridgehead atoms. The van der Waals surface area contributed by atoms with E-state index in [1.807, 2.05) is 7.11 Å². The Balaban J connectivity index is 1.55. The smallest absolute Gasteiger partial charge is 0.305 e. The van der Waals surface area contributed by atoms with Crippen LogP contribution in [0.3, 0.4) is 0 Å². The number of rotatable bonds is 5. The highest BCUT2D eigenvalue weighted by atomic mass is 16.5. The lowest BCUT2D eigenvalue weighted by Crippen LogP contribution is -2.59. The standard InChI is InChI=1S/C26H44O4/c1-16(6-9-23(28)30-5)19-7-8-20-24-21(11-13-26(19,20)3)25(2)12-10-18(27)14-17(25)15-22(24)29-4/h16-22,24,27H,6-15H2,1-5H3/t16-,17+,18-,19-,20+,21+,22-,24+,25+,26-/m1/s1. The first-order valence-electron chi connectivity index (χ1n) is 12.5. The molecule has 4 heteroatoms. The Labute approximate surface area is 183 Å². The minimum absolute atomic E-state index is 0.0737. The van der Waals surface area contributed by atoms with Crippen LogP contribution in [-0.2, 0) is 14.3 Å². The molecule has 30 heavy (non-hydrogen) atoms. The first-order chi connectivity index (χ1) is 14.2. The van der Waals surface area contributed by atoms with Crippen molar-refractivity contribution in [2.75, 3.05) is 14.2 Å². The van der Waals surface area contributed by atoms with Crippen LogP contribution in [0.5, 0.6) is 0 Å². The van der Waals surface area contributed by atoms with Gasteiger partial charge in [0.1, 0.15) is 0 Å². The second-order valence-corrected chi connectivity index (χ2v) is 11.8. The summed E-state index contributed by atoms with van der Waals surface area (Å²) in [5.74, 6) is 3.91. The van der Waals surface area contributed by atoms with E-state index in [2.05, 4.69) is 20.8 Å². The van der Waals surface area contributed by atoms with Crippen molar-refractivity contribution in [3.8, 4) is 0 Å². The van der Waals surface area contributed by atoms with E-state index in [9.17, 15) is 9.90 Å². The molecule has 0 spiro atoms. The average molecular weight is 421 g/mol. The van der Waals surface area contributed by atoms with Crippen LogP contribution in [0.4, 0.5) is 0 Å². The van der Waals surface area contributed by atoms with E-state index in [-0.39, 0.29) is 12.1 Å². The maximum absolute atomic E-state index is 11.7. The van der Waals surface area contributed by atoms with Gasteiger partial charge in [-0.25, -0.2) is 0 Å². The fourth-order valence-corrected chi connectivity index (χ4v) is 9.05. The summed E-state index contributed by atoms with van der Waals surface area (Å²) in [6, 6.07) is 0. The molecule has 0 heterocycles. The summed E-state index contributed by atoms with van der Waals surface area (Å²) in [6.45, 7) is 7.47. The molecule has 4 saturated carbocycles. The quantitative estimate of drug-likeness (QED) is 0.620. The molecule has 0 aromatic carbocycles. The second kappa shape index (κ2) is 8.39. The maximum atomic E-state index is 11.7. The summed E-state index contributed by atoms with van der Waals surface area (Å²) in [4.78, 5) is 11.7. The Bertz CT molecular complexity index is 635. The SMILES string of the molecule is COC(=O)CC[C@@H](C)[C@H]1CC[C@H]2[C@@H]3[C@H](OC)C[C@@H]4C[C@H](O)CC[C@]4(C)[C@H]3CC[C@]12C. The molecule has 1 N–H and O–H groups in total. The Morgan fingerprint density at radius 2 is 1.73 bits per heavy atom. The van der Waals surface area contributed by atoms with Crippen molar-refractivity contribution in [1.29, 1.82) is 0 Å². The lowest BCUT2D eigenvalue weighted by Gasteiger charge is -2.63. The van der Waals surface area contributed by atoms with Gasteiger partial charge in [0.2, 0.25) is 0 Å². The van der Waals surface area contributed by atoms with Gasteiger partial charge in [-0.1, -0.05) is 20.8 Å². The van der Waals surface area contributed by atoms with E-state index in [1.54, 1.807) is 0 Å². The fraction of sp³-hybridized carbons (Fsp3) is 0.962. The number of fused-ring (bicyclic) bond motifs is 5. The monoisotopic (exact) mass is 420 g/mol. The molecule has 4 rings (SSSR count). The second-order valence-electron chi connectivity index (χ2n) is 11.8. The lowest BCUT2D eigenvalue weighted by atomic mass is 9.43. The largest absolute Gasteiger partial charge is 0.469 e. The normalized spacial score (nSPS) is 48.9. The summed E-state index contributed by atoms with van der Waals surface area (Å²) >= 11 is 0. The van der Waals surface area contributed by atoms with E-state index in [0.29, 0.717) is 47.0 Å². The van der Waals surface area contributed by atoms with Gasteiger partial charge >= 0.3 is 5.97 Å². The summed E-state index contributed by atoms with van der Waals surface area (Å²) in [7, 11) is 3.41. The van der Waals surface area contributed by atoms with Crippen molar-refractivity contribution in [1.82, 2.24) is 0 Å². The van der Waals surface area contributed by atoms with Crippen LogP contribution in [0.15, 0.2) is 0 Å². The van der Waals surface area contributed by atoms with Gasteiger partial charge < -0.3 is 14.6 Å². The average Bonchev–Trinajstić information content (AvgIpc) is 3.09. The Hall–Kier alpha value is -0.610. The van der Waals surface area contributed by atoms with Gasteiger partial charge in [0.05, 0.1) is 19.3 Å². The van der Waals surface area contributed by atoms with Gasteiger partial charge in [0, 0.05) is 13.5 Å². The zero-order valence-electron chi connectivity index (χ0n) is 19.9. The zero-order chi connectivity index (χ0) is 21.7. The van der Waals surface area contributed by atoms with Gasteiger partial charge in [-0.3, -0.25) is 4.79 Å². The molecule has 0 amide bonds. The van der Waals surface area contributed by atoms with Crippen molar-refractivity contribution in [3.63, 3.8) is 0 Å². The molecule has 4 nitrogen and oxygen atoms in total. The highest BCUT2D eigenvalue weighted by Crippen LogP contribution is 2.68. The highest BCUT2D eigenvalue weighted by Gasteiger charge is 2.63. The minimum Gasteiger partial charge on any atom is -0.469 e. The van der Waals surface area contributed by atoms with Gasteiger partial charge in [-0.05, 0) is 104 Å². The van der Waals surface area contributed by atoms with Gasteiger partial charge in [0.25, 0.3) is 0 Å². The number of hydrogen-bond donors (Lipinski definition) is 1. The molecule has 0 aromatic heterocycles. The van der Waals surface area contributed by atoms with Crippen molar-refractivity contribution in [2.24, 2.45) is 46.3 Å². The van der Waals surface area contributed by atoms with Crippen LogP contribution in [0.1, 0.15) is 85.0 Å². The van der Waals surface area contributed by atoms with E-state index in [0.717, 1.165) is 37.5 Å². The first kappa shape index (κ1) is 22.6. The van der Waals surface area contributed by atoms with Gasteiger partial charge in [0.15, 0.2) is 0 Å². The third-order valence-corrected chi connectivity index (χ3v) is 10.7. The van der Waals surface area contributed by atoms with Crippen molar-refractivity contribution in [2.45, 2.75) is 97.2 Å². The van der Waals surface area contributed by atoms with Crippen molar-refractivity contribution >= 4 is 5.97 Å². The third-order valence-electron chi connectivity index (χ3n) is 10.7. The molecule has 172 valence electrons. The van der Waals surface area contributed by atoms with Crippen LogP contribution >= 0.6 is 0 Å². The Morgan fingerprint density at radius 1 is 1.03 bits per heavy atom. The fourth-order valence-electron chi connectivity index (χ4n) is 9.05. The Morgan fingerprint density at radius 3 is 2.43 bits per heavy atom. The molecule has 10 atom stereocenters. The molecule has 4 fully saturated rings. The zero-order valence-corrected chi connectivity index (χ0v) is 19.9. The van der Waals surface area contributed by atoms with E-state index in [4.69, 9.17) is 9.47 Å². The summed E-state index contributed by atoms with van der Waals surface area (Å²) in [5, 5.41) is 10.3. The molecule has 0 radical (unpaired) electrons. The number of esters is 1. The molecule has 0 saturated heterocycles. The molecule has 4 aliphatic rings. The molecular formula is C26H44O4. The number of aliphatic hydroxyl groups is 1. The predicted molar refractivity (Wildman–Crippen MR) is 118 cm³/mol. The van der Waals surface area contributed by atoms with Crippen LogP contribution in [0.25, 0.3) is 0 Å². The maximum Gasteiger partial charge on any atom is 0.305 e. The number of aliphatic hydroxyl groups excluding tert-OH is 1. The van der Waals surface area contributed by atoms with Crippen LogP contribution < -0.4 is 0 Å². The van der Waals surface area contributed by atoms with Crippen LogP contribution in [0, 0.1) is 46.3 Å². The summed E-state index contributed by atoms with van der Waals surface area (Å²) < 4.78 is 11.1. The summed E-state index contributed by atoms with van der Waals surface area (Å²) in [5.41, 5.74) is 0.736. The van der Waals surface area contributed by atoms with E-state index >= 15 is 0 Å². The molecule has 0 aliphatic heterocycles. The van der Waals surface area contributed by atoms with Crippen molar-refractivity contribution < 1.29 is 19.4 Å². The lowest BCUT2D eigenvalue weighted by molar-refractivity contribution is -0.181. The number of methoxy groups -OCH3 is 2. The summed E-state index contributed by atoms with van der Waals surface area (Å²) in [6.07, 6.45) is 11.2. The highest BCUT2D eigenvalue weighted by molar-refractivity contribution is 5.69. The third kappa shape index (κ3) is 3.54. The molecule has 0 unspecified atom stereocenters. The number of hydrogen-bond acceptors (Lipinski definition) is 4. The number of carbonyl (C=O) groups is 1.